The van der Waals surface area contributed by atoms with Gasteiger partial charge in [0.1, 0.15) is 5.60 Å². The maximum atomic E-state index is 11.6. The van der Waals surface area contributed by atoms with Gasteiger partial charge in [0.2, 0.25) is 0 Å². The molecule has 4 atom stereocenters. The topological polar surface area (TPSA) is 26.3 Å². The number of ether oxygens (including phenoxy) is 1. The number of fused-ring (bicyclic) bond motifs is 1. The van der Waals surface area contributed by atoms with Gasteiger partial charge in [-0.3, -0.25) is 4.79 Å². The number of rotatable bonds is 3. The summed E-state index contributed by atoms with van der Waals surface area (Å²) in [4.78, 5) is 11.6. The van der Waals surface area contributed by atoms with E-state index in [1.165, 1.54) is 26.2 Å². The Morgan fingerprint density at radius 1 is 1.19 bits per heavy atom. The number of alkyl halides is 1. The van der Waals surface area contributed by atoms with Gasteiger partial charge >= 0.3 is 5.97 Å². The molecule has 2 aliphatic rings. The standard InChI is InChI=1S/C18H31ClO2/c1-13(20)21-18(5)11-7-14-16(2,3)9-6-10-17(14,4)15(18)8-12-19/h14-15H,6-12H2,1-5H3. The van der Waals surface area contributed by atoms with Crippen molar-refractivity contribution in [2.45, 2.75) is 78.7 Å². The molecule has 0 N–H and O–H groups in total. The Labute approximate surface area is 135 Å². The maximum Gasteiger partial charge on any atom is 0.303 e. The lowest BCUT2D eigenvalue weighted by Crippen LogP contribution is -2.58. The van der Waals surface area contributed by atoms with Crippen molar-refractivity contribution < 1.29 is 9.53 Å². The molecule has 21 heavy (non-hydrogen) atoms. The summed E-state index contributed by atoms with van der Waals surface area (Å²) in [5.74, 6) is 1.55. The zero-order chi connectivity index (χ0) is 15.9. The van der Waals surface area contributed by atoms with Crippen molar-refractivity contribution in [3.63, 3.8) is 0 Å². The van der Waals surface area contributed by atoms with Crippen LogP contribution in [0.2, 0.25) is 0 Å². The van der Waals surface area contributed by atoms with Gasteiger partial charge in [0.15, 0.2) is 0 Å². The first-order chi connectivity index (χ1) is 9.66. The predicted molar refractivity (Wildman–Crippen MR) is 87.5 cm³/mol. The van der Waals surface area contributed by atoms with E-state index < -0.39 is 0 Å². The fraction of sp³-hybridized carbons (Fsp3) is 0.944. The molecule has 2 saturated carbocycles. The number of hydrogen-bond acceptors (Lipinski definition) is 2. The van der Waals surface area contributed by atoms with Crippen LogP contribution in [0.15, 0.2) is 0 Å². The Hall–Kier alpha value is -0.240. The van der Waals surface area contributed by atoms with Crippen molar-refractivity contribution in [3.8, 4) is 0 Å². The number of carbonyl (C=O) groups is 1. The van der Waals surface area contributed by atoms with Crippen molar-refractivity contribution in [1.29, 1.82) is 0 Å². The van der Waals surface area contributed by atoms with Crippen molar-refractivity contribution >= 4 is 17.6 Å². The van der Waals surface area contributed by atoms with Crippen molar-refractivity contribution in [2.75, 3.05) is 5.88 Å². The van der Waals surface area contributed by atoms with E-state index in [1.807, 2.05) is 0 Å². The highest BCUT2D eigenvalue weighted by atomic mass is 35.5. The summed E-state index contributed by atoms with van der Waals surface area (Å²) >= 11 is 6.12. The van der Waals surface area contributed by atoms with Gasteiger partial charge in [-0.2, -0.15) is 0 Å². The van der Waals surface area contributed by atoms with Crippen molar-refractivity contribution in [2.24, 2.45) is 22.7 Å². The van der Waals surface area contributed by atoms with E-state index in [4.69, 9.17) is 16.3 Å². The van der Waals surface area contributed by atoms with Crippen LogP contribution in [-0.2, 0) is 9.53 Å². The normalized spacial score (nSPS) is 42.2. The zero-order valence-electron chi connectivity index (χ0n) is 14.3. The highest BCUT2D eigenvalue weighted by molar-refractivity contribution is 6.17. The number of esters is 1. The number of hydrogen-bond donors (Lipinski definition) is 0. The van der Waals surface area contributed by atoms with Gasteiger partial charge in [-0.05, 0) is 55.8 Å². The third-order valence-electron chi connectivity index (χ3n) is 6.51. The second-order valence-corrected chi connectivity index (χ2v) is 8.75. The van der Waals surface area contributed by atoms with Gasteiger partial charge in [0.25, 0.3) is 0 Å². The summed E-state index contributed by atoms with van der Waals surface area (Å²) in [6.07, 6.45) is 6.89. The first kappa shape index (κ1) is 17.1. The fourth-order valence-corrected chi connectivity index (χ4v) is 6.02. The molecule has 2 aliphatic carbocycles. The summed E-state index contributed by atoms with van der Waals surface area (Å²) in [7, 11) is 0. The smallest absolute Gasteiger partial charge is 0.303 e. The molecule has 4 unspecified atom stereocenters. The summed E-state index contributed by atoms with van der Waals surface area (Å²) in [6, 6.07) is 0. The first-order valence-corrected chi connectivity index (χ1v) is 8.95. The third kappa shape index (κ3) is 2.98. The molecule has 0 aromatic carbocycles. The molecule has 0 aromatic rings. The fourth-order valence-electron chi connectivity index (χ4n) is 5.80. The Morgan fingerprint density at radius 2 is 1.86 bits per heavy atom. The Balaban J connectivity index is 2.38. The molecule has 0 aromatic heterocycles. The minimum atomic E-state index is -0.348. The van der Waals surface area contributed by atoms with Crippen LogP contribution in [0.25, 0.3) is 0 Å². The van der Waals surface area contributed by atoms with Gasteiger partial charge in [0.05, 0.1) is 0 Å². The van der Waals surface area contributed by atoms with E-state index in [0.29, 0.717) is 23.1 Å². The highest BCUT2D eigenvalue weighted by Crippen LogP contribution is 2.63. The van der Waals surface area contributed by atoms with Gasteiger partial charge in [-0.15, -0.1) is 11.6 Å². The summed E-state index contributed by atoms with van der Waals surface area (Å²) in [5, 5.41) is 0. The van der Waals surface area contributed by atoms with E-state index >= 15 is 0 Å². The number of carbonyl (C=O) groups excluding carboxylic acids is 1. The molecular formula is C18H31ClO2. The van der Waals surface area contributed by atoms with Gasteiger partial charge < -0.3 is 4.74 Å². The van der Waals surface area contributed by atoms with E-state index in [1.54, 1.807) is 0 Å². The van der Waals surface area contributed by atoms with Crippen molar-refractivity contribution in [3.05, 3.63) is 0 Å². The van der Waals surface area contributed by atoms with Crippen LogP contribution in [-0.4, -0.2) is 17.5 Å². The second kappa shape index (κ2) is 5.76. The van der Waals surface area contributed by atoms with Crippen LogP contribution in [0.3, 0.4) is 0 Å². The lowest BCUT2D eigenvalue weighted by molar-refractivity contribution is -0.198. The lowest BCUT2D eigenvalue weighted by Gasteiger charge is -2.61. The van der Waals surface area contributed by atoms with Crippen LogP contribution < -0.4 is 0 Å². The maximum absolute atomic E-state index is 11.6. The van der Waals surface area contributed by atoms with Crippen LogP contribution >= 0.6 is 11.6 Å². The molecule has 0 radical (unpaired) electrons. The SMILES string of the molecule is CC(=O)OC1(C)CCC2C(C)(C)CCCC2(C)C1CCCl. The van der Waals surface area contributed by atoms with Crippen LogP contribution in [0.1, 0.15) is 73.1 Å². The van der Waals surface area contributed by atoms with Gasteiger partial charge in [-0.1, -0.05) is 27.2 Å². The molecule has 2 rings (SSSR count). The monoisotopic (exact) mass is 314 g/mol. The Kier molecular flexibility index (Phi) is 4.69. The van der Waals surface area contributed by atoms with E-state index in [0.717, 1.165) is 19.3 Å². The summed E-state index contributed by atoms with van der Waals surface area (Å²) < 4.78 is 5.83. The molecule has 2 nitrogen and oxygen atoms in total. The quantitative estimate of drug-likeness (QED) is 0.530. The summed E-state index contributed by atoms with van der Waals surface area (Å²) in [5.41, 5.74) is 0.271. The largest absolute Gasteiger partial charge is 0.459 e. The predicted octanol–water partition coefficient (Wildman–Crippen LogP) is 5.18. The molecule has 0 aliphatic heterocycles. The highest BCUT2D eigenvalue weighted by Gasteiger charge is 2.59. The van der Waals surface area contributed by atoms with Gasteiger partial charge in [0, 0.05) is 18.7 Å². The molecular weight excluding hydrogens is 284 g/mol. The van der Waals surface area contributed by atoms with Crippen molar-refractivity contribution in [1.82, 2.24) is 0 Å². The average molecular weight is 315 g/mol. The third-order valence-corrected chi connectivity index (χ3v) is 6.73. The minimum absolute atomic E-state index is 0.158. The molecule has 0 spiro atoms. The second-order valence-electron chi connectivity index (χ2n) is 8.38. The van der Waals surface area contributed by atoms with Crippen LogP contribution in [0.5, 0.6) is 0 Å². The summed E-state index contributed by atoms with van der Waals surface area (Å²) in [6.45, 7) is 10.9. The Morgan fingerprint density at radius 3 is 2.43 bits per heavy atom. The molecule has 0 bridgehead atoms. The number of halogens is 1. The zero-order valence-corrected chi connectivity index (χ0v) is 15.1. The first-order valence-electron chi connectivity index (χ1n) is 8.41. The molecule has 122 valence electrons. The van der Waals surface area contributed by atoms with Gasteiger partial charge in [-0.25, -0.2) is 0 Å². The van der Waals surface area contributed by atoms with E-state index in [-0.39, 0.29) is 17.0 Å². The lowest BCUT2D eigenvalue weighted by atomic mass is 9.45. The Bertz CT molecular complexity index is 406. The average Bonchev–Trinajstić information content (AvgIpc) is 2.32. The molecule has 2 fully saturated rings. The van der Waals surface area contributed by atoms with Crippen LogP contribution in [0.4, 0.5) is 0 Å². The molecule has 0 heterocycles. The minimum Gasteiger partial charge on any atom is -0.459 e. The van der Waals surface area contributed by atoms with Crippen LogP contribution in [0, 0.1) is 22.7 Å². The molecule has 3 heteroatoms. The van der Waals surface area contributed by atoms with E-state index in [2.05, 4.69) is 27.7 Å². The molecule has 0 amide bonds. The van der Waals surface area contributed by atoms with E-state index in [9.17, 15) is 4.79 Å². The molecule has 0 saturated heterocycles.